The van der Waals surface area contributed by atoms with Crippen molar-refractivity contribution in [2.45, 2.75) is 11.5 Å². The number of methoxy groups -OCH3 is 1. The van der Waals surface area contributed by atoms with Gasteiger partial charge >= 0.3 is 5.97 Å². The van der Waals surface area contributed by atoms with E-state index in [4.69, 9.17) is 4.74 Å². The maximum absolute atomic E-state index is 12.8. The molecule has 0 saturated carbocycles. The molecule has 0 unspecified atom stereocenters. The van der Waals surface area contributed by atoms with Gasteiger partial charge in [-0.2, -0.15) is 0 Å². The Morgan fingerprint density at radius 3 is 2.39 bits per heavy atom. The zero-order valence-electron chi connectivity index (χ0n) is 12.9. The van der Waals surface area contributed by atoms with Crippen molar-refractivity contribution < 1.29 is 19.4 Å². The van der Waals surface area contributed by atoms with Crippen LogP contribution in [0.25, 0.3) is 0 Å². The lowest BCUT2D eigenvalue weighted by Crippen LogP contribution is -2.46. The number of aliphatic hydroxyl groups is 1. The summed E-state index contributed by atoms with van der Waals surface area (Å²) in [4.78, 5) is 26.7. The number of nitrogens with zero attached hydrogens (tertiary/aromatic N) is 1. The molecule has 118 valence electrons. The molecule has 0 aliphatic carbocycles. The lowest BCUT2D eigenvalue weighted by atomic mass is 9.78. The number of esters is 1. The summed E-state index contributed by atoms with van der Waals surface area (Å²) in [5, 5.41) is 11.3. The number of hydrogen-bond donors (Lipinski definition) is 1. The highest BCUT2D eigenvalue weighted by molar-refractivity contribution is 6.08. The molecule has 1 aliphatic heterocycles. The minimum atomic E-state index is -2.08. The Morgan fingerprint density at radius 2 is 1.74 bits per heavy atom. The molecule has 2 atom stereocenters. The van der Waals surface area contributed by atoms with Gasteiger partial charge in [0.15, 0.2) is 0 Å². The molecule has 0 radical (unpaired) electrons. The SMILES string of the molecule is COC(=O)[C@](O)(c1ccccc1)[C@@H]1C(=O)N(C)c2ccccc21. The van der Waals surface area contributed by atoms with Crippen molar-refractivity contribution in [2.24, 2.45) is 0 Å². The lowest BCUT2D eigenvalue weighted by molar-refractivity contribution is -0.168. The van der Waals surface area contributed by atoms with Crippen molar-refractivity contribution >= 4 is 17.6 Å². The highest BCUT2D eigenvalue weighted by atomic mass is 16.5. The zero-order chi connectivity index (χ0) is 16.6. The van der Waals surface area contributed by atoms with Crippen LogP contribution in [0.3, 0.4) is 0 Å². The first kappa shape index (κ1) is 15.2. The van der Waals surface area contributed by atoms with E-state index in [0.29, 0.717) is 16.8 Å². The number of anilines is 1. The molecular weight excluding hydrogens is 294 g/mol. The van der Waals surface area contributed by atoms with Crippen LogP contribution in [-0.2, 0) is 19.9 Å². The van der Waals surface area contributed by atoms with Gasteiger partial charge in [0.05, 0.1) is 7.11 Å². The van der Waals surface area contributed by atoms with Gasteiger partial charge in [-0.15, -0.1) is 0 Å². The van der Waals surface area contributed by atoms with E-state index in [-0.39, 0.29) is 5.91 Å². The molecule has 3 rings (SSSR count). The standard InChI is InChI=1S/C18H17NO4/c1-19-14-11-7-6-10-13(14)15(16(19)20)18(22,17(21)23-2)12-8-4-3-5-9-12/h3-11,15,22H,1-2H3/t15-,18-/m0/s1. The number of carbonyl (C=O) groups is 2. The van der Waals surface area contributed by atoms with E-state index < -0.39 is 17.5 Å². The van der Waals surface area contributed by atoms with Crippen molar-refractivity contribution in [3.63, 3.8) is 0 Å². The zero-order valence-corrected chi connectivity index (χ0v) is 12.9. The van der Waals surface area contributed by atoms with Crippen LogP contribution < -0.4 is 4.90 Å². The average Bonchev–Trinajstić information content (AvgIpc) is 2.86. The number of fused-ring (bicyclic) bond motifs is 1. The third-order valence-corrected chi connectivity index (χ3v) is 4.31. The summed E-state index contributed by atoms with van der Waals surface area (Å²) in [6, 6.07) is 15.5. The first-order valence-electron chi connectivity index (χ1n) is 7.24. The second-order valence-electron chi connectivity index (χ2n) is 5.51. The lowest BCUT2D eigenvalue weighted by Gasteiger charge is -2.30. The molecule has 1 N–H and O–H groups in total. The summed E-state index contributed by atoms with van der Waals surface area (Å²) < 4.78 is 4.82. The molecule has 0 saturated heterocycles. The first-order chi connectivity index (χ1) is 11.0. The molecule has 0 aromatic heterocycles. The van der Waals surface area contributed by atoms with Gasteiger partial charge in [-0.3, -0.25) is 4.79 Å². The van der Waals surface area contributed by atoms with Crippen molar-refractivity contribution in [3.05, 3.63) is 65.7 Å². The van der Waals surface area contributed by atoms with Gasteiger partial charge in [0, 0.05) is 12.7 Å². The van der Waals surface area contributed by atoms with E-state index in [1.165, 1.54) is 12.0 Å². The smallest absolute Gasteiger partial charge is 0.343 e. The molecule has 2 aromatic rings. The van der Waals surface area contributed by atoms with Crippen LogP contribution in [0.2, 0.25) is 0 Å². The maximum atomic E-state index is 12.8. The van der Waals surface area contributed by atoms with Crippen LogP contribution in [0.15, 0.2) is 54.6 Å². The van der Waals surface area contributed by atoms with Gasteiger partial charge in [-0.1, -0.05) is 48.5 Å². The predicted molar refractivity (Wildman–Crippen MR) is 84.9 cm³/mol. The van der Waals surface area contributed by atoms with Crippen molar-refractivity contribution in [1.82, 2.24) is 0 Å². The molecule has 0 bridgehead atoms. The van der Waals surface area contributed by atoms with E-state index in [2.05, 4.69) is 0 Å². The van der Waals surface area contributed by atoms with Crippen LogP contribution in [0.1, 0.15) is 17.0 Å². The van der Waals surface area contributed by atoms with Crippen LogP contribution in [-0.4, -0.2) is 31.1 Å². The highest BCUT2D eigenvalue weighted by Gasteiger charge is 2.55. The van der Waals surface area contributed by atoms with Crippen LogP contribution in [0.4, 0.5) is 5.69 Å². The van der Waals surface area contributed by atoms with Gasteiger partial charge in [-0.05, 0) is 17.2 Å². The summed E-state index contributed by atoms with van der Waals surface area (Å²) in [5.74, 6) is -2.24. The maximum Gasteiger partial charge on any atom is 0.343 e. The summed E-state index contributed by atoms with van der Waals surface area (Å²) in [6.45, 7) is 0. The van der Waals surface area contributed by atoms with Gasteiger partial charge in [0.2, 0.25) is 11.5 Å². The van der Waals surface area contributed by atoms with E-state index in [9.17, 15) is 14.7 Å². The largest absolute Gasteiger partial charge is 0.467 e. The second kappa shape index (κ2) is 5.52. The molecule has 1 heterocycles. The molecule has 0 fully saturated rings. The second-order valence-corrected chi connectivity index (χ2v) is 5.51. The first-order valence-corrected chi connectivity index (χ1v) is 7.24. The Kier molecular flexibility index (Phi) is 3.66. The molecule has 23 heavy (non-hydrogen) atoms. The summed E-state index contributed by atoms with van der Waals surface area (Å²) in [5.41, 5.74) is -0.457. The fourth-order valence-electron chi connectivity index (χ4n) is 3.14. The Hall–Kier alpha value is -2.66. The number of ether oxygens (including phenoxy) is 1. The van der Waals surface area contributed by atoms with E-state index in [0.717, 1.165) is 0 Å². The fraction of sp³-hybridized carbons (Fsp3) is 0.222. The number of amides is 1. The molecule has 1 amide bonds. The number of rotatable bonds is 3. The minimum absolute atomic E-state index is 0.329. The van der Waals surface area contributed by atoms with Gasteiger partial charge < -0.3 is 14.7 Å². The topological polar surface area (TPSA) is 66.8 Å². The van der Waals surface area contributed by atoms with Crippen LogP contribution in [0, 0.1) is 0 Å². The molecular formula is C18H17NO4. The number of likely N-dealkylation sites (N-methyl/N-ethyl adjacent to an activating group) is 1. The minimum Gasteiger partial charge on any atom is -0.467 e. The molecule has 1 aliphatic rings. The number of hydrogen-bond acceptors (Lipinski definition) is 4. The molecule has 5 nitrogen and oxygen atoms in total. The summed E-state index contributed by atoms with van der Waals surface area (Å²) >= 11 is 0. The molecule has 2 aromatic carbocycles. The highest BCUT2D eigenvalue weighted by Crippen LogP contribution is 2.47. The number of para-hydroxylation sites is 1. The van der Waals surface area contributed by atoms with Crippen molar-refractivity contribution in [2.75, 3.05) is 19.1 Å². The molecule has 5 heteroatoms. The number of benzene rings is 2. The average molecular weight is 311 g/mol. The van der Waals surface area contributed by atoms with Crippen LogP contribution >= 0.6 is 0 Å². The van der Waals surface area contributed by atoms with Gasteiger partial charge in [0.1, 0.15) is 5.92 Å². The Morgan fingerprint density at radius 1 is 1.13 bits per heavy atom. The van der Waals surface area contributed by atoms with Gasteiger partial charge in [-0.25, -0.2) is 4.79 Å². The summed E-state index contributed by atoms with van der Waals surface area (Å²) in [6.07, 6.45) is 0. The predicted octanol–water partition coefficient (Wildman–Crippen LogP) is 1.81. The summed E-state index contributed by atoms with van der Waals surface area (Å²) in [7, 11) is 2.83. The third kappa shape index (κ3) is 2.12. The fourth-order valence-corrected chi connectivity index (χ4v) is 3.14. The van der Waals surface area contributed by atoms with Crippen molar-refractivity contribution in [1.29, 1.82) is 0 Å². The van der Waals surface area contributed by atoms with Crippen LogP contribution in [0.5, 0.6) is 0 Å². The van der Waals surface area contributed by atoms with E-state index >= 15 is 0 Å². The van der Waals surface area contributed by atoms with Crippen molar-refractivity contribution in [3.8, 4) is 0 Å². The Balaban J connectivity index is 2.23. The van der Waals surface area contributed by atoms with E-state index in [1.807, 2.05) is 6.07 Å². The monoisotopic (exact) mass is 311 g/mol. The van der Waals surface area contributed by atoms with E-state index in [1.54, 1.807) is 55.6 Å². The number of carbonyl (C=O) groups excluding carboxylic acids is 2. The third-order valence-electron chi connectivity index (χ3n) is 4.31. The Bertz CT molecular complexity index is 759. The Labute approximate surface area is 134 Å². The quantitative estimate of drug-likeness (QED) is 0.878. The molecule has 0 spiro atoms. The van der Waals surface area contributed by atoms with Gasteiger partial charge in [0.25, 0.3) is 0 Å². The normalized spacial score (nSPS) is 19.2.